The number of aromatic nitrogens is 2. The predicted molar refractivity (Wildman–Crippen MR) is 84.0 cm³/mol. The van der Waals surface area contributed by atoms with E-state index in [1.807, 2.05) is 12.1 Å². The van der Waals surface area contributed by atoms with Gasteiger partial charge in [-0.1, -0.05) is 29.3 Å². The summed E-state index contributed by atoms with van der Waals surface area (Å²) >= 11 is 11.9. The molecule has 0 spiro atoms. The maximum atomic E-state index is 12.2. The molecule has 1 aromatic carbocycles. The highest BCUT2D eigenvalue weighted by Crippen LogP contribution is 2.48. The summed E-state index contributed by atoms with van der Waals surface area (Å²) in [5, 5.41) is 21.2. The van der Waals surface area contributed by atoms with Crippen LogP contribution >= 0.6 is 23.2 Å². The molecule has 1 saturated carbocycles. The molecule has 3 rings (SSSR count). The van der Waals surface area contributed by atoms with Crippen LogP contribution in [0.1, 0.15) is 29.3 Å². The van der Waals surface area contributed by atoms with Crippen molar-refractivity contribution in [3.63, 3.8) is 0 Å². The van der Waals surface area contributed by atoms with Gasteiger partial charge in [0.25, 0.3) is 0 Å². The molecule has 2 N–H and O–H groups in total. The van der Waals surface area contributed by atoms with Crippen molar-refractivity contribution in [2.75, 3.05) is 5.32 Å². The average molecular weight is 346 g/mol. The molecule has 0 bridgehead atoms. The van der Waals surface area contributed by atoms with E-state index in [0.29, 0.717) is 16.5 Å². The van der Waals surface area contributed by atoms with Gasteiger partial charge in [-0.3, -0.25) is 10.1 Å². The maximum Gasteiger partial charge on any atom is 0.230 e. The summed E-state index contributed by atoms with van der Waals surface area (Å²) in [4.78, 5) is 18.7. The summed E-state index contributed by atoms with van der Waals surface area (Å²) in [5.74, 6) is -0.245. The van der Waals surface area contributed by atoms with Gasteiger partial charge in [-0.2, -0.15) is 10.5 Å². The normalized spacial score (nSPS) is 18.8. The van der Waals surface area contributed by atoms with Crippen LogP contribution in [-0.4, -0.2) is 15.9 Å². The first-order valence-electron chi connectivity index (χ1n) is 6.69. The van der Waals surface area contributed by atoms with E-state index in [1.54, 1.807) is 18.2 Å². The first kappa shape index (κ1) is 15.4. The molecule has 8 heteroatoms. The number of amides is 1. The summed E-state index contributed by atoms with van der Waals surface area (Å²) in [6.07, 6.45) is 0.695. The van der Waals surface area contributed by atoms with Gasteiger partial charge < -0.3 is 4.98 Å². The van der Waals surface area contributed by atoms with Crippen LogP contribution in [0.15, 0.2) is 18.2 Å². The van der Waals surface area contributed by atoms with Gasteiger partial charge >= 0.3 is 0 Å². The highest BCUT2D eigenvalue weighted by atomic mass is 35.5. The topological polar surface area (TPSA) is 105 Å². The standard InChI is InChI=1S/C15H9Cl2N5O/c16-10-2-1-7(3-11(10)17)8-4-9(8)14(23)22-15-20-12(5-18)13(6-19)21-15/h1-3,8-9H,4H2,(H2,20,21,22,23)/t8-,9-/m1/s1. The molecule has 0 radical (unpaired) electrons. The first-order chi connectivity index (χ1) is 11.0. The van der Waals surface area contributed by atoms with Crippen LogP contribution in [0.25, 0.3) is 0 Å². The van der Waals surface area contributed by atoms with E-state index >= 15 is 0 Å². The van der Waals surface area contributed by atoms with Crippen LogP contribution in [0.4, 0.5) is 5.95 Å². The Morgan fingerprint density at radius 3 is 2.70 bits per heavy atom. The summed E-state index contributed by atoms with van der Waals surface area (Å²) < 4.78 is 0. The van der Waals surface area contributed by atoms with Crippen LogP contribution in [0.2, 0.25) is 10.0 Å². The maximum absolute atomic E-state index is 12.2. The van der Waals surface area contributed by atoms with E-state index in [4.69, 9.17) is 33.7 Å². The van der Waals surface area contributed by atoms with Gasteiger partial charge in [-0.25, -0.2) is 4.98 Å². The minimum Gasteiger partial charge on any atom is -0.314 e. The SMILES string of the molecule is N#Cc1nc(NC(=O)[C@@H]2C[C@@H]2c2ccc(Cl)c(Cl)c2)[nH]c1C#N. The molecule has 1 aromatic heterocycles. The van der Waals surface area contributed by atoms with E-state index in [2.05, 4.69) is 15.3 Å². The minimum atomic E-state index is -0.219. The van der Waals surface area contributed by atoms with Crippen LogP contribution < -0.4 is 5.32 Å². The number of carbonyl (C=O) groups excluding carboxylic acids is 1. The minimum absolute atomic E-state index is 0.0274. The van der Waals surface area contributed by atoms with Crippen LogP contribution in [-0.2, 0) is 4.79 Å². The van der Waals surface area contributed by atoms with Gasteiger partial charge in [-0.15, -0.1) is 0 Å². The van der Waals surface area contributed by atoms with Gasteiger partial charge in [0.05, 0.1) is 10.0 Å². The molecule has 1 heterocycles. The molecule has 0 aliphatic heterocycles. The zero-order chi connectivity index (χ0) is 16.6. The fraction of sp³-hybridized carbons (Fsp3) is 0.200. The van der Waals surface area contributed by atoms with E-state index in [0.717, 1.165) is 5.56 Å². The molecule has 1 aliphatic carbocycles. The average Bonchev–Trinajstić information content (AvgIpc) is 3.24. The molecular formula is C15H9Cl2N5O. The Balaban J connectivity index is 1.69. The van der Waals surface area contributed by atoms with E-state index in [1.165, 1.54) is 0 Å². The van der Waals surface area contributed by atoms with Gasteiger partial charge in [0.15, 0.2) is 11.4 Å². The molecule has 0 unspecified atom stereocenters. The number of hydrogen-bond acceptors (Lipinski definition) is 4. The summed E-state index contributed by atoms with van der Waals surface area (Å²) in [5.41, 5.74) is 0.939. The predicted octanol–water partition coefficient (Wildman–Crippen LogP) is 3.20. The van der Waals surface area contributed by atoms with Crippen molar-refractivity contribution in [1.29, 1.82) is 10.5 Å². The Kier molecular flexibility index (Phi) is 3.96. The van der Waals surface area contributed by atoms with E-state index < -0.39 is 0 Å². The molecule has 1 aliphatic rings. The lowest BCUT2D eigenvalue weighted by atomic mass is 10.1. The van der Waals surface area contributed by atoms with Gasteiger partial charge in [-0.05, 0) is 30.0 Å². The lowest BCUT2D eigenvalue weighted by molar-refractivity contribution is -0.117. The van der Waals surface area contributed by atoms with Crippen molar-refractivity contribution in [3.05, 3.63) is 45.2 Å². The van der Waals surface area contributed by atoms with Gasteiger partial charge in [0.1, 0.15) is 12.1 Å². The number of H-pyrrole nitrogens is 1. The molecule has 23 heavy (non-hydrogen) atoms. The largest absolute Gasteiger partial charge is 0.314 e. The van der Waals surface area contributed by atoms with Gasteiger partial charge in [0.2, 0.25) is 11.9 Å². The Bertz CT molecular complexity index is 845. The van der Waals surface area contributed by atoms with Crippen molar-refractivity contribution in [3.8, 4) is 12.1 Å². The Labute approximate surface area is 141 Å². The highest BCUT2D eigenvalue weighted by molar-refractivity contribution is 6.42. The number of nitrogens with zero attached hydrogens (tertiary/aromatic N) is 3. The second-order valence-electron chi connectivity index (χ2n) is 5.14. The molecule has 2 aromatic rings. The van der Waals surface area contributed by atoms with Crippen LogP contribution in [0, 0.1) is 28.6 Å². The van der Waals surface area contributed by atoms with Crippen molar-refractivity contribution < 1.29 is 4.79 Å². The lowest BCUT2D eigenvalue weighted by Crippen LogP contribution is -2.15. The number of halogens is 2. The quantitative estimate of drug-likeness (QED) is 0.890. The fourth-order valence-corrected chi connectivity index (χ4v) is 2.71. The third kappa shape index (κ3) is 3.00. The van der Waals surface area contributed by atoms with E-state index in [9.17, 15) is 4.79 Å². The number of nitriles is 2. The van der Waals surface area contributed by atoms with E-state index in [-0.39, 0.29) is 35.1 Å². The molecule has 1 fully saturated rings. The summed E-state index contributed by atoms with van der Waals surface area (Å²) in [6, 6.07) is 8.91. The Morgan fingerprint density at radius 2 is 2.09 bits per heavy atom. The summed E-state index contributed by atoms with van der Waals surface area (Å²) in [6.45, 7) is 0. The Morgan fingerprint density at radius 1 is 1.30 bits per heavy atom. The molecule has 6 nitrogen and oxygen atoms in total. The molecule has 114 valence electrons. The van der Waals surface area contributed by atoms with Crippen molar-refractivity contribution in [2.24, 2.45) is 5.92 Å². The number of hydrogen-bond donors (Lipinski definition) is 2. The third-order valence-electron chi connectivity index (χ3n) is 3.66. The smallest absolute Gasteiger partial charge is 0.230 e. The zero-order valence-corrected chi connectivity index (χ0v) is 13.1. The molecule has 2 atom stereocenters. The molecular weight excluding hydrogens is 337 g/mol. The van der Waals surface area contributed by atoms with Crippen molar-refractivity contribution >= 4 is 35.1 Å². The van der Waals surface area contributed by atoms with Crippen LogP contribution in [0.5, 0.6) is 0 Å². The second-order valence-corrected chi connectivity index (χ2v) is 5.96. The number of nitrogens with one attached hydrogen (secondary N) is 2. The fourth-order valence-electron chi connectivity index (χ4n) is 2.40. The number of anilines is 1. The number of rotatable bonds is 3. The number of imidazole rings is 1. The lowest BCUT2D eigenvalue weighted by Gasteiger charge is -2.03. The van der Waals surface area contributed by atoms with Gasteiger partial charge in [0, 0.05) is 5.92 Å². The third-order valence-corrected chi connectivity index (χ3v) is 4.40. The molecule has 0 saturated heterocycles. The van der Waals surface area contributed by atoms with Crippen LogP contribution in [0.3, 0.4) is 0 Å². The highest BCUT2D eigenvalue weighted by Gasteiger charge is 2.44. The summed E-state index contributed by atoms with van der Waals surface area (Å²) in [7, 11) is 0. The number of benzene rings is 1. The number of carbonyl (C=O) groups is 1. The first-order valence-corrected chi connectivity index (χ1v) is 7.45. The van der Waals surface area contributed by atoms with Crippen molar-refractivity contribution in [1.82, 2.24) is 9.97 Å². The second kappa shape index (κ2) is 5.92. The zero-order valence-electron chi connectivity index (χ0n) is 11.6. The monoisotopic (exact) mass is 345 g/mol. The van der Waals surface area contributed by atoms with Crippen molar-refractivity contribution in [2.45, 2.75) is 12.3 Å². The Hall–Kier alpha value is -2.54. The molecule has 1 amide bonds. The number of aromatic amines is 1.